The van der Waals surface area contributed by atoms with Crippen molar-refractivity contribution in [2.75, 3.05) is 30.2 Å². The molecule has 1 aromatic heterocycles. The molecule has 2 aromatic carbocycles. The van der Waals surface area contributed by atoms with Crippen molar-refractivity contribution in [2.45, 2.75) is 38.5 Å². The molecular formula is C28H36N4O6S. The average Bonchev–Trinajstić information content (AvgIpc) is 3.25. The molecule has 0 radical (unpaired) electrons. The Hall–Kier alpha value is -3.67. The van der Waals surface area contributed by atoms with Crippen LogP contribution in [-0.4, -0.2) is 73.6 Å². The predicted octanol–water partition coefficient (Wildman–Crippen LogP) is 2.16. The second kappa shape index (κ2) is 13.4. The number of amides is 1. The van der Waals surface area contributed by atoms with Crippen molar-refractivity contribution in [3.63, 3.8) is 0 Å². The zero-order valence-corrected chi connectivity index (χ0v) is 23.0. The van der Waals surface area contributed by atoms with E-state index in [0.717, 1.165) is 22.0 Å². The standard InChI is InChI=1S/C27H34N4O4S.CH2O2/c1-4-12-28-17-25(32)22(14-19-9-7-6-8-10-19)29-27(33)21-15-23-26-20(11-13-36(34,35)30(23)3)18-31(5-2)24(26)16-21;2-1-3/h4,6-10,15-16,18,22,25,28,32H,1,5,11-14,17H2,2-3H3,(H,29,33);1H,(H,2,3)/t22-,25+;/m0./s1. The van der Waals surface area contributed by atoms with Crippen LogP contribution in [0.5, 0.6) is 0 Å². The highest BCUT2D eigenvalue weighted by Crippen LogP contribution is 2.36. The minimum absolute atomic E-state index is 0.0194. The molecule has 0 saturated heterocycles. The number of sulfonamides is 1. The maximum atomic E-state index is 13.5. The van der Waals surface area contributed by atoms with Crippen LogP contribution >= 0.6 is 0 Å². The number of nitrogens with one attached hydrogen (secondary N) is 2. The molecule has 1 aliphatic rings. The second-order valence-corrected chi connectivity index (χ2v) is 11.4. The third kappa shape index (κ3) is 7.05. The minimum Gasteiger partial charge on any atom is -0.483 e. The summed E-state index contributed by atoms with van der Waals surface area (Å²) in [6, 6.07) is 12.6. The van der Waals surface area contributed by atoms with Gasteiger partial charge in [-0.25, -0.2) is 8.42 Å². The number of rotatable bonds is 10. The maximum Gasteiger partial charge on any atom is 0.290 e. The average molecular weight is 557 g/mol. The third-order valence-corrected chi connectivity index (χ3v) is 8.50. The summed E-state index contributed by atoms with van der Waals surface area (Å²) < 4.78 is 29.0. The highest BCUT2D eigenvalue weighted by Gasteiger charge is 2.29. The molecule has 210 valence electrons. The fraction of sp³-hybridized carbons (Fsp3) is 0.357. The maximum absolute atomic E-state index is 13.5. The van der Waals surface area contributed by atoms with Gasteiger partial charge in [-0.05, 0) is 43.0 Å². The van der Waals surface area contributed by atoms with Crippen molar-refractivity contribution in [1.82, 2.24) is 15.2 Å². The summed E-state index contributed by atoms with van der Waals surface area (Å²) >= 11 is 0. The Bertz CT molecular complexity index is 1400. The number of aliphatic hydroxyl groups excluding tert-OH is 1. The molecule has 3 aromatic rings. The monoisotopic (exact) mass is 556 g/mol. The van der Waals surface area contributed by atoms with Crippen LogP contribution < -0.4 is 14.9 Å². The van der Waals surface area contributed by atoms with Crippen LogP contribution in [0.2, 0.25) is 0 Å². The lowest BCUT2D eigenvalue weighted by Crippen LogP contribution is -2.48. The predicted molar refractivity (Wildman–Crippen MR) is 153 cm³/mol. The summed E-state index contributed by atoms with van der Waals surface area (Å²) in [4.78, 5) is 21.9. The van der Waals surface area contributed by atoms with Crippen LogP contribution in [0.3, 0.4) is 0 Å². The number of benzene rings is 2. The molecule has 39 heavy (non-hydrogen) atoms. The molecule has 2 atom stereocenters. The van der Waals surface area contributed by atoms with Crippen molar-refractivity contribution in [1.29, 1.82) is 0 Å². The fourth-order valence-corrected chi connectivity index (χ4v) is 5.92. The van der Waals surface area contributed by atoms with Crippen molar-refractivity contribution in [3.8, 4) is 0 Å². The van der Waals surface area contributed by atoms with Gasteiger partial charge in [0, 0.05) is 43.8 Å². The number of carbonyl (C=O) groups excluding carboxylic acids is 1. The summed E-state index contributed by atoms with van der Waals surface area (Å²) in [6.07, 6.45) is 3.73. The largest absolute Gasteiger partial charge is 0.483 e. The molecule has 0 aliphatic carbocycles. The smallest absolute Gasteiger partial charge is 0.290 e. The van der Waals surface area contributed by atoms with E-state index in [1.807, 2.05) is 54.1 Å². The lowest BCUT2D eigenvalue weighted by Gasteiger charge is -2.25. The van der Waals surface area contributed by atoms with E-state index < -0.39 is 22.2 Å². The lowest BCUT2D eigenvalue weighted by molar-refractivity contribution is -0.122. The van der Waals surface area contributed by atoms with Crippen LogP contribution in [-0.2, 0) is 34.2 Å². The van der Waals surface area contributed by atoms with Gasteiger partial charge in [-0.1, -0.05) is 36.4 Å². The van der Waals surface area contributed by atoms with Gasteiger partial charge in [0.1, 0.15) is 0 Å². The number of hydrogen-bond acceptors (Lipinski definition) is 6. The van der Waals surface area contributed by atoms with Crippen molar-refractivity contribution < 1.29 is 28.2 Å². The van der Waals surface area contributed by atoms with Gasteiger partial charge in [0.25, 0.3) is 12.4 Å². The number of carbonyl (C=O) groups is 2. The Morgan fingerprint density at radius 3 is 2.56 bits per heavy atom. The quantitative estimate of drug-likeness (QED) is 0.170. The van der Waals surface area contributed by atoms with E-state index in [1.54, 1.807) is 12.1 Å². The molecule has 4 rings (SSSR count). The molecule has 1 aliphatic heterocycles. The van der Waals surface area contributed by atoms with Gasteiger partial charge in [0.15, 0.2) is 0 Å². The summed E-state index contributed by atoms with van der Waals surface area (Å²) in [5.41, 5.74) is 3.64. The molecule has 1 amide bonds. The molecule has 0 spiro atoms. The Morgan fingerprint density at radius 1 is 1.23 bits per heavy atom. The van der Waals surface area contributed by atoms with Crippen molar-refractivity contribution >= 4 is 39.0 Å². The fourth-order valence-electron chi connectivity index (χ4n) is 4.72. The minimum atomic E-state index is -3.50. The normalized spacial score (nSPS) is 15.4. The summed E-state index contributed by atoms with van der Waals surface area (Å²) in [5, 5.41) is 24.8. The van der Waals surface area contributed by atoms with E-state index in [2.05, 4.69) is 17.2 Å². The van der Waals surface area contributed by atoms with Crippen LogP contribution in [0.1, 0.15) is 28.4 Å². The van der Waals surface area contributed by atoms with E-state index >= 15 is 0 Å². The molecule has 2 heterocycles. The van der Waals surface area contributed by atoms with Gasteiger partial charge in [-0.2, -0.15) is 0 Å². The van der Waals surface area contributed by atoms with Gasteiger partial charge in [0.05, 0.1) is 29.1 Å². The van der Waals surface area contributed by atoms with E-state index in [1.165, 1.54) is 11.4 Å². The topological polar surface area (TPSA) is 141 Å². The van der Waals surface area contributed by atoms with Crippen LogP contribution in [0, 0.1) is 0 Å². The summed E-state index contributed by atoms with van der Waals surface area (Å²) in [5.74, 6) is -0.344. The number of hydrogen-bond donors (Lipinski definition) is 4. The first-order valence-corrected chi connectivity index (χ1v) is 14.3. The number of aliphatic hydroxyl groups is 1. The number of carboxylic acid groups (broad SMARTS) is 1. The van der Waals surface area contributed by atoms with E-state index in [9.17, 15) is 18.3 Å². The Labute approximate surface area is 229 Å². The van der Waals surface area contributed by atoms with Gasteiger partial charge in [-0.3, -0.25) is 13.9 Å². The van der Waals surface area contributed by atoms with E-state index in [-0.39, 0.29) is 24.7 Å². The first kappa shape index (κ1) is 29.9. The Balaban J connectivity index is 0.00000134. The molecular weight excluding hydrogens is 520 g/mol. The third-order valence-electron chi connectivity index (χ3n) is 6.75. The Morgan fingerprint density at radius 2 is 1.92 bits per heavy atom. The first-order chi connectivity index (χ1) is 18.7. The molecule has 4 N–H and O–H groups in total. The molecule has 0 unspecified atom stereocenters. The number of nitrogens with zero attached hydrogens (tertiary/aromatic N) is 2. The number of aryl methyl sites for hydroxylation is 2. The van der Waals surface area contributed by atoms with Crippen LogP contribution in [0.25, 0.3) is 10.9 Å². The van der Waals surface area contributed by atoms with Gasteiger partial charge >= 0.3 is 0 Å². The highest BCUT2D eigenvalue weighted by molar-refractivity contribution is 7.92. The highest BCUT2D eigenvalue weighted by atomic mass is 32.2. The van der Waals surface area contributed by atoms with E-state index in [4.69, 9.17) is 9.90 Å². The molecule has 10 nitrogen and oxygen atoms in total. The van der Waals surface area contributed by atoms with Gasteiger partial charge in [-0.15, -0.1) is 6.58 Å². The molecule has 0 saturated carbocycles. The number of aromatic nitrogens is 1. The van der Waals surface area contributed by atoms with E-state index in [0.29, 0.717) is 37.2 Å². The second-order valence-electron chi connectivity index (χ2n) is 9.25. The molecule has 0 fully saturated rings. The van der Waals surface area contributed by atoms with Crippen LogP contribution in [0.15, 0.2) is 61.3 Å². The van der Waals surface area contributed by atoms with Crippen molar-refractivity contribution in [3.05, 3.63) is 78.0 Å². The van der Waals surface area contributed by atoms with Crippen molar-refractivity contribution in [2.24, 2.45) is 0 Å². The summed E-state index contributed by atoms with van der Waals surface area (Å²) in [7, 11) is -1.96. The Kier molecular flexibility index (Phi) is 10.3. The lowest BCUT2D eigenvalue weighted by atomic mass is 10.00. The number of anilines is 1. The zero-order chi connectivity index (χ0) is 28.6. The SMILES string of the molecule is C=CCNC[C@@H](O)[C@H](Cc1ccccc1)NC(=O)c1cc2c3c(cn(CC)c3c1)CCS(=O)(=O)N2C.O=CO. The zero-order valence-electron chi connectivity index (χ0n) is 22.2. The molecule has 11 heteroatoms. The van der Waals surface area contributed by atoms with Gasteiger partial charge < -0.3 is 25.4 Å². The first-order valence-electron chi connectivity index (χ1n) is 12.7. The van der Waals surface area contributed by atoms with Crippen LogP contribution in [0.4, 0.5) is 5.69 Å². The van der Waals surface area contributed by atoms with Gasteiger partial charge in [0.2, 0.25) is 10.0 Å². The molecule has 0 bridgehead atoms. The summed E-state index contributed by atoms with van der Waals surface area (Å²) in [6.45, 7) is 6.98.